The van der Waals surface area contributed by atoms with Gasteiger partial charge in [0.25, 0.3) is 0 Å². The summed E-state index contributed by atoms with van der Waals surface area (Å²) < 4.78 is 5.58. The molecular formula is C10H15NO2S. The zero-order chi connectivity index (χ0) is 9.80. The van der Waals surface area contributed by atoms with E-state index in [9.17, 15) is 5.11 Å². The van der Waals surface area contributed by atoms with Crippen LogP contribution in [0.4, 0.5) is 0 Å². The number of ether oxygens (including phenoxy) is 1. The molecule has 2 unspecified atom stereocenters. The van der Waals surface area contributed by atoms with Gasteiger partial charge in [-0.1, -0.05) is 6.07 Å². The van der Waals surface area contributed by atoms with Crippen LogP contribution in [0.5, 0.6) is 0 Å². The predicted octanol–water partition coefficient (Wildman–Crippen LogP) is 0.640. The van der Waals surface area contributed by atoms with Crippen LogP contribution in [0.25, 0.3) is 0 Å². The largest absolute Gasteiger partial charge is 0.389 e. The highest BCUT2D eigenvalue weighted by Crippen LogP contribution is 2.11. The first-order chi connectivity index (χ1) is 6.86. The van der Waals surface area contributed by atoms with Crippen LogP contribution in [0.1, 0.15) is 4.88 Å². The predicted molar refractivity (Wildman–Crippen MR) is 56.6 cm³/mol. The van der Waals surface area contributed by atoms with E-state index in [0.717, 1.165) is 13.0 Å². The van der Waals surface area contributed by atoms with E-state index in [2.05, 4.69) is 16.8 Å². The first-order valence-electron chi connectivity index (χ1n) is 4.89. The quantitative estimate of drug-likeness (QED) is 0.771. The average molecular weight is 213 g/mol. The summed E-state index contributed by atoms with van der Waals surface area (Å²) in [6.45, 7) is 2.12. The van der Waals surface area contributed by atoms with Crippen molar-refractivity contribution in [2.45, 2.75) is 18.6 Å². The zero-order valence-electron chi connectivity index (χ0n) is 7.98. The Kier molecular flexibility index (Phi) is 3.53. The van der Waals surface area contributed by atoms with Gasteiger partial charge in [0.15, 0.2) is 0 Å². The standard InChI is InChI=1S/C10H15NO2S/c12-9-6-11-7-10(9)13-4-3-8-2-1-5-14-8/h1-2,5,9-12H,3-4,6-7H2. The van der Waals surface area contributed by atoms with Crippen molar-refractivity contribution in [2.24, 2.45) is 0 Å². The Morgan fingerprint density at radius 1 is 1.57 bits per heavy atom. The summed E-state index contributed by atoms with van der Waals surface area (Å²) in [4.78, 5) is 1.34. The summed E-state index contributed by atoms with van der Waals surface area (Å²) in [6, 6.07) is 4.16. The van der Waals surface area contributed by atoms with E-state index in [1.165, 1.54) is 4.88 Å². The van der Waals surface area contributed by atoms with Crippen molar-refractivity contribution in [1.29, 1.82) is 0 Å². The van der Waals surface area contributed by atoms with Crippen molar-refractivity contribution in [3.63, 3.8) is 0 Å². The van der Waals surface area contributed by atoms with Crippen molar-refractivity contribution in [3.05, 3.63) is 22.4 Å². The first-order valence-corrected chi connectivity index (χ1v) is 5.77. The summed E-state index contributed by atoms with van der Waals surface area (Å²) in [6.07, 6.45) is 0.592. The van der Waals surface area contributed by atoms with Crippen LogP contribution in [0.2, 0.25) is 0 Å². The molecule has 1 fully saturated rings. The highest BCUT2D eigenvalue weighted by Gasteiger charge is 2.25. The number of β-amino-alcohol motifs (C(OH)–C–C–N with tert-alkyl or cyclic N) is 1. The van der Waals surface area contributed by atoms with Gasteiger partial charge in [0.05, 0.1) is 18.8 Å². The van der Waals surface area contributed by atoms with E-state index < -0.39 is 0 Å². The minimum Gasteiger partial charge on any atom is -0.389 e. The van der Waals surface area contributed by atoms with Gasteiger partial charge < -0.3 is 15.2 Å². The Morgan fingerprint density at radius 3 is 3.14 bits per heavy atom. The molecular weight excluding hydrogens is 198 g/mol. The lowest BCUT2D eigenvalue weighted by Crippen LogP contribution is -2.27. The highest BCUT2D eigenvalue weighted by molar-refractivity contribution is 7.09. The van der Waals surface area contributed by atoms with Crippen LogP contribution in [0.3, 0.4) is 0 Å². The lowest BCUT2D eigenvalue weighted by atomic mass is 10.2. The Morgan fingerprint density at radius 2 is 2.50 bits per heavy atom. The third-order valence-electron chi connectivity index (χ3n) is 2.39. The van der Waals surface area contributed by atoms with Gasteiger partial charge >= 0.3 is 0 Å². The van der Waals surface area contributed by atoms with Gasteiger partial charge in [-0.15, -0.1) is 11.3 Å². The summed E-state index contributed by atoms with van der Waals surface area (Å²) in [5, 5.41) is 14.6. The number of thiophene rings is 1. The molecule has 2 rings (SSSR count). The second-order valence-corrected chi connectivity index (χ2v) is 4.50. The summed E-state index contributed by atoms with van der Waals surface area (Å²) in [7, 11) is 0. The SMILES string of the molecule is OC1CNCC1OCCc1cccs1. The molecule has 0 aromatic carbocycles. The molecule has 0 amide bonds. The zero-order valence-corrected chi connectivity index (χ0v) is 8.80. The first kappa shape index (κ1) is 10.1. The average Bonchev–Trinajstić information content (AvgIpc) is 2.78. The summed E-state index contributed by atoms with van der Waals surface area (Å²) in [5.41, 5.74) is 0. The molecule has 0 radical (unpaired) electrons. The maximum Gasteiger partial charge on any atom is 0.0970 e. The lowest BCUT2D eigenvalue weighted by molar-refractivity contribution is -0.00632. The molecule has 14 heavy (non-hydrogen) atoms. The molecule has 1 aromatic rings. The Hall–Kier alpha value is -0.420. The van der Waals surface area contributed by atoms with E-state index >= 15 is 0 Å². The highest BCUT2D eigenvalue weighted by atomic mass is 32.1. The molecule has 78 valence electrons. The minimum absolute atomic E-state index is 0.0186. The number of aliphatic hydroxyl groups excluding tert-OH is 1. The number of hydrogen-bond donors (Lipinski definition) is 2. The van der Waals surface area contributed by atoms with Crippen LogP contribution in [0.15, 0.2) is 17.5 Å². The third-order valence-corrected chi connectivity index (χ3v) is 3.32. The molecule has 0 spiro atoms. The van der Waals surface area contributed by atoms with Crippen LogP contribution in [-0.2, 0) is 11.2 Å². The molecule has 2 atom stereocenters. The molecule has 4 heteroatoms. The maximum absolute atomic E-state index is 9.46. The van der Waals surface area contributed by atoms with Gasteiger partial charge in [-0.25, -0.2) is 0 Å². The van der Waals surface area contributed by atoms with E-state index in [1.807, 2.05) is 6.07 Å². The van der Waals surface area contributed by atoms with Gasteiger partial charge in [0.2, 0.25) is 0 Å². The fourth-order valence-corrected chi connectivity index (χ4v) is 2.27. The molecule has 1 aromatic heterocycles. The molecule has 0 saturated carbocycles. The van der Waals surface area contributed by atoms with Crippen LogP contribution in [-0.4, -0.2) is 37.0 Å². The van der Waals surface area contributed by atoms with Gasteiger partial charge in [-0.2, -0.15) is 0 Å². The normalized spacial score (nSPS) is 26.9. The second-order valence-electron chi connectivity index (χ2n) is 3.46. The van der Waals surface area contributed by atoms with Gasteiger partial charge in [0.1, 0.15) is 0 Å². The van der Waals surface area contributed by atoms with Crippen molar-refractivity contribution in [1.82, 2.24) is 5.32 Å². The number of rotatable bonds is 4. The molecule has 3 nitrogen and oxygen atoms in total. The van der Waals surface area contributed by atoms with E-state index in [4.69, 9.17) is 4.74 Å². The Balaban J connectivity index is 1.68. The fraction of sp³-hybridized carbons (Fsp3) is 0.600. The van der Waals surface area contributed by atoms with Crippen molar-refractivity contribution < 1.29 is 9.84 Å². The number of aliphatic hydroxyl groups is 1. The summed E-state index contributed by atoms with van der Waals surface area (Å²) >= 11 is 1.75. The smallest absolute Gasteiger partial charge is 0.0970 e. The van der Waals surface area contributed by atoms with Crippen molar-refractivity contribution in [3.8, 4) is 0 Å². The molecule has 1 aliphatic heterocycles. The van der Waals surface area contributed by atoms with E-state index in [1.54, 1.807) is 11.3 Å². The van der Waals surface area contributed by atoms with Gasteiger partial charge in [-0.05, 0) is 11.4 Å². The van der Waals surface area contributed by atoms with E-state index in [0.29, 0.717) is 13.2 Å². The minimum atomic E-state index is -0.335. The van der Waals surface area contributed by atoms with E-state index in [-0.39, 0.29) is 12.2 Å². The number of hydrogen-bond acceptors (Lipinski definition) is 4. The Bertz CT molecular complexity index is 263. The maximum atomic E-state index is 9.46. The Labute approximate surface area is 87.7 Å². The molecule has 2 N–H and O–H groups in total. The molecule has 0 bridgehead atoms. The summed E-state index contributed by atoms with van der Waals surface area (Å²) in [5.74, 6) is 0. The van der Waals surface area contributed by atoms with Crippen LogP contribution >= 0.6 is 11.3 Å². The molecule has 1 saturated heterocycles. The molecule has 1 aliphatic rings. The van der Waals surface area contributed by atoms with Crippen molar-refractivity contribution >= 4 is 11.3 Å². The van der Waals surface area contributed by atoms with Crippen LogP contribution in [0, 0.1) is 0 Å². The lowest BCUT2D eigenvalue weighted by Gasteiger charge is -2.13. The van der Waals surface area contributed by atoms with Crippen LogP contribution < -0.4 is 5.32 Å². The fourth-order valence-electron chi connectivity index (χ4n) is 1.58. The second kappa shape index (κ2) is 4.89. The topological polar surface area (TPSA) is 41.5 Å². The monoisotopic (exact) mass is 213 g/mol. The third kappa shape index (κ3) is 2.54. The van der Waals surface area contributed by atoms with Gasteiger partial charge in [0, 0.05) is 24.4 Å². The number of nitrogens with one attached hydrogen (secondary N) is 1. The molecule has 2 heterocycles. The van der Waals surface area contributed by atoms with Crippen molar-refractivity contribution in [2.75, 3.05) is 19.7 Å². The van der Waals surface area contributed by atoms with Gasteiger partial charge in [-0.3, -0.25) is 0 Å². The molecule has 0 aliphatic carbocycles.